The van der Waals surface area contributed by atoms with Crippen LogP contribution in [-0.2, 0) is 19.6 Å². The van der Waals surface area contributed by atoms with Gasteiger partial charge in [0.15, 0.2) is 0 Å². The Kier molecular flexibility index (Phi) is 6.97. The first-order valence-electron chi connectivity index (χ1n) is 10.1. The van der Waals surface area contributed by atoms with Crippen LogP contribution >= 0.6 is 0 Å². The van der Waals surface area contributed by atoms with E-state index in [1.807, 2.05) is 19.9 Å². The van der Waals surface area contributed by atoms with E-state index in [-0.39, 0.29) is 11.4 Å². The van der Waals surface area contributed by atoms with E-state index in [2.05, 4.69) is 10.6 Å². The van der Waals surface area contributed by atoms with Gasteiger partial charge in [-0.25, -0.2) is 8.42 Å². The summed E-state index contributed by atoms with van der Waals surface area (Å²) in [6, 6.07) is 11.2. The van der Waals surface area contributed by atoms with Crippen molar-refractivity contribution >= 4 is 27.5 Å². The highest BCUT2D eigenvalue weighted by Gasteiger charge is 2.35. The first kappa shape index (κ1) is 22.8. The molecule has 0 aliphatic carbocycles. The van der Waals surface area contributed by atoms with Crippen molar-refractivity contribution in [2.75, 3.05) is 25.5 Å². The molecular weight excluding hydrogens is 418 g/mol. The largest absolute Gasteiger partial charge is 0.497 e. The number of carbonyl (C=O) groups is 2. The minimum absolute atomic E-state index is 0.0639. The summed E-state index contributed by atoms with van der Waals surface area (Å²) in [5.74, 6) is -1.01. The number of hydrogen-bond acceptors (Lipinski definition) is 5. The van der Waals surface area contributed by atoms with Gasteiger partial charge in [0.05, 0.1) is 12.0 Å². The average molecular weight is 446 g/mol. The van der Waals surface area contributed by atoms with Gasteiger partial charge in [-0.3, -0.25) is 9.59 Å². The molecule has 0 saturated carbocycles. The Labute approximate surface area is 182 Å². The van der Waals surface area contributed by atoms with Crippen molar-refractivity contribution in [2.24, 2.45) is 0 Å². The molecule has 0 unspecified atom stereocenters. The van der Waals surface area contributed by atoms with Crippen LogP contribution in [0.15, 0.2) is 47.4 Å². The van der Waals surface area contributed by atoms with Crippen molar-refractivity contribution in [3.63, 3.8) is 0 Å². The van der Waals surface area contributed by atoms with Crippen molar-refractivity contribution in [3.8, 4) is 5.75 Å². The number of hydrogen-bond donors (Lipinski definition) is 2. The van der Waals surface area contributed by atoms with Gasteiger partial charge in [0.1, 0.15) is 5.75 Å². The fraction of sp³-hybridized carbons (Fsp3) is 0.364. The Balaban J connectivity index is 1.63. The van der Waals surface area contributed by atoms with E-state index in [1.165, 1.54) is 23.5 Å². The number of carbonyl (C=O) groups excluding carboxylic acids is 2. The first-order chi connectivity index (χ1) is 14.7. The maximum Gasteiger partial charge on any atom is 0.313 e. The van der Waals surface area contributed by atoms with Crippen molar-refractivity contribution in [3.05, 3.63) is 53.6 Å². The summed E-state index contributed by atoms with van der Waals surface area (Å²) in [6.45, 7) is 4.21. The van der Waals surface area contributed by atoms with Crippen LogP contribution in [-0.4, -0.2) is 50.8 Å². The van der Waals surface area contributed by atoms with Gasteiger partial charge in [-0.1, -0.05) is 12.1 Å². The van der Waals surface area contributed by atoms with Crippen molar-refractivity contribution in [1.82, 2.24) is 9.62 Å². The first-order valence-corrected chi connectivity index (χ1v) is 11.5. The van der Waals surface area contributed by atoms with E-state index in [9.17, 15) is 18.0 Å². The third-order valence-electron chi connectivity index (χ3n) is 5.55. The Hall–Kier alpha value is -2.91. The lowest BCUT2D eigenvalue weighted by atomic mass is 10.1. The Morgan fingerprint density at radius 1 is 1.10 bits per heavy atom. The second-order valence-corrected chi connectivity index (χ2v) is 9.39. The second kappa shape index (κ2) is 9.49. The van der Waals surface area contributed by atoms with E-state index < -0.39 is 27.9 Å². The second-order valence-electron chi connectivity index (χ2n) is 7.50. The molecule has 2 N–H and O–H groups in total. The summed E-state index contributed by atoms with van der Waals surface area (Å²) in [5.41, 5.74) is 2.46. The average Bonchev–Trinajstić information content (AvgIpc) is 3.25. The van der Waals surface area contributed by atoms with Crippen molar-refractivity contribution in [1.29, 1.82) is 0 Å². The molecule has 166 valence electrons. The molecule has 0 radical (unpaired) electrons. The quantitative estimate of drug-likeness (QED) is 0.664. The summed E-state index contributed by atoms with van der Waals surface area (Å²) in [4.78, 5) is 24.7. The van der Waals surface area contributed by atoms with Gasteiger partial charge in [0.25, 0.3) is 0 Å². The van der Waals surface area contributed by atoms with E-state index in [1.54, 1.807) is 24.3 Å². The molecule has 0 spiro atoms. The fourth-order valence-electron chi connectivity index (χ4n) is 3.57. The van der Waals surface area contributed by atoms with Gasteiger partial charge in [-0.2, -0.15) is 4.31 Å². The molecule has 2 aromatic rings. The molecule has 1 heterocycles. The number of sulfonamides is 1. The van der Waals surface area contributed by atoms with E-state index in [0.29, 0.717) is 30.8 Å². The number of nitrogens with one attached hydrogen (secondary N) is 2. The molecule has 2 amide bonds. The molecule has 0 bridgehead atoms. The Morgan fingerprint density at radius 2 is 1.81 bits per heavy atom. The number of anilines is 1. The van der Waals surface area contributed by atoms with Gasteiger partial charge in [0.2, 0.25) is 10.0 Å². The van der Waals surface area contributed by atoms with Gasteiger partial charge in [-0.15, -0.1) is 0 Å². The smallest absolute Gasteiger partial charge is 0.313 e. The van der Waals surface area contributed by atoms with Crippen LogP contribution in [0, 0.1) is 13.8 Å². The number of benzene rings is 2. The standard InChI is InChI=1S/C22H27N3O5S/c1-15-6-4-8-20(16(15)2)24-22(27)21(26)23-14-17-7-5-13-25(17)31(28,29)19-11-9-18(30-3)10-12-19/h4,6,8-12,17H,5,7,13-14H2,1-3H3,(H,23,26)(H,24,27)/t17-/m0/s1. The maximum atomic E-state index is 13.0. The monoisotopic (exact) mass is 445 g/mol. The minimum atomic E-state index is -3.71. The van der Waals surface area contributed by atoms with Gasteiger partial charge in [0, 0.05) is 24.8 Å². The molecule has 31 heavy (non-hydrogen) atoms. The van der Waals surface area contributed by atoms with E-state index in [4.69, 9.17) is 4.74 Å². The van der Waals surface area contributed by atoms with Crippen LogP contribution in [0.1, 0.15) is 24.0 Å². The van der Waals surface area contributed by atoms with Crippen LogP contribution in [0.2, 0.25) is 0 Å². The zero-order chi connectivity index (χ0) is 22.6. The number of methoxy groups -OCH3 is 1. The molecule has 9 heteroatoms. The van der Waals surface area contributed by atoms with Crippen LogP contribution in [0.4, 0.5) is 5.69 Å². The Morgan fingerprint density at radius 3 is 2.48 bits per heavy atom. The molecule has 0 aromatic heterocycles. The highest BCUT2D eigenvalue weighted by Crippen LogP contribution is 2.27. The van der Waals surface area contributed by atoms with Gasteiger partial charge in [-0.05, 0) is 68.1 Å². The van der Waals surface area contributed by atoms with E-state index >= 15 is 0 Å². The van der Waals surface area contributed by atoms with E-state index in [0.717, 1.165) is 11.1 Å². The summed E-state index contributed by atoms with van der Waals surface area (Å²) >= 11 is 0. The summed E-state index contributed by atoms with van der Waals surface area (Å²) in [5, 5.41) is 5.18. The number of nitrogens with zero attached hydrogens (tertiary/aromatic N) is 1. The lowest BCUT2D eigenvalue weighted by Crippen LogP contribution is -2.45. The summed E-state index contributed by atoms with van der Waals surface area (Å²) in [7, 11) is -2.20. The molecule has 1 atom stereocenters. The van der Waals surface area contributed by atoms with Crippen LogP contribution < -0.4 is 15.4 Å². The topological polar surface area (TPSA) is 105 Å². The third-order valence-corrected chi connectivity index (χ3v) is 7.51. The predicted octanol–water partition coefficient (Wildman–Crippen LogP) is 2.22. The zero-order valence-corrected chi connectivity index (χ0v) is 18.7. The highest BCUT2D eigenvalue weighted by atomic mass is 32.2. The number of rotatable bonds is 6. The predicted molar refractivity (Wildman–Crippen MR) is 117 cm³/mol. The lowest BCUT2D eigenvalue weighted by Gasteiger charge is -2.24. The van der Waals surface area contributed by atoms with Gasteiger partial charge < -0.3 is 15.4 Å². The van der Waals surface area contributed by atoms with Crippen molar-refractivity contribution in [2.45, 2.75) is 37.6 Å². The minimum Gasteiger partial charge on any atom is -0.497 e. The Bertz CT molecular complexity index is 1070. The number of amides is 2. The number of aryl methyl sites for hydroxylation is 1. The third kappa shape index (κ3) is 5.05. The molecule has 2 aromatic carbocycles. The molecule has 8 nitrogen and oxygen atoms in total. The van der Waals surface area contributed by atoms with Crippen molar-refractivity contribution < 1.29 is 22.7 Å². The molecule has 1 fully saturated rings. The van der Waals surface area contributed by atoms with Crippen LogP contribution in [0.25, 0.3) is 0 Å². The molecule has 1 aliphatic heterocycles. The SMILES string of the molecule is COc1ccc(S(=O)(=O)N2CCC[C@H]2CNC(=O)C(=O)Nc2cccc(C)c2C)cc1. The molecule has 1 aliphatic rings. The lowest BCUT2D eigenvalue weighted by molar-refractivity contribution is -0.136. The summed E-state index contributed by atoms with van der Waals surface area (Å²) < 4.78 is 32.5. The fourth-order valence-corrected chi connectivity index (χ4v) is 5.26. The molecule has 1 saturated heterocycles. The molecule has 3 rings (SSSR count). The number of ether oxygens (including phenoxy) is 1. The highest BCUT2D eigenvalue weighted by molar-refractivity contribution is 7.89. The molecular formula is C22H27N3O5S. The maximum absolute atomic E-state index is 13.0. The normalized spacial score (nSPS) is 16.7. The van der Waals surface area contributed by atoms with Gasteiger partial charge >= 0.3 is 11.8 Å². The van der Waals surface area contributed by atoms with Crippen LogP contribution in [0.5, 0.6) is 5.75 Å². The zero-order valence-electron chi connectivity index (χ0n) is 17.8. The summed E-state index contributed by atoms with van der Waals surface area (Å²) in [6.07, 6.45) is 1.29. The van der Waals surface area contributed by atoms with Crippen LogP contribution in [0.3, 0.4) is 0 Å².